The van der Waals surface area contributed by atoms with Crippen molar-refractivity contribution in [3.63, 3.8) is 0 Å². The quantitative estimate of drug-likeness (QED) is 0.799. The van der Waals surface area contributed by atoms with E-state index < -0.39 is 0 Å². The molecule has 1 saturated heterocycles. The molecule has 0 atom stereocenters. The Balaban J connectivity index is 1.67. The normalized spacial score (nSPS) is 15.8. The lowest BCUT2D eigenvalue weighted by atomic mass is 10.2. The third-order valence-electron chi connectivity index (χ3n) is 4.19. The maximum atomic E-state index is 12.5. The zero-order valence-corrected chi connectivity index (χ0v) is 14.9. The largest absolute Gasteiger partial charge is 0.440 e. The molecule has 0 bridgehead atoms. The summed E-state index contributed by atoms with van der Waals surface area (Å²) < 4.78 is 5.83. The lowest BCUT2D eigenvalue weighted by molar-refractivity contribution is -0.133. The van der Waals surface area contributed by atoms with Crippen LogP contribution < -0.4 is 4.90 Å². The summed E-state index contributed by atoms with van der Waals surface area (Å²) in [7, 11) is 3.87. The van der Waals surface area contributed by atoms with Crippen LogP contribution in [0.2, 0.25) is 0 Å². The second kappa shape index (κ2) is 7.11. The summed E-state index contributed by atoms with van der Waals surface area (Å²) in [5.41, 5.74) is 1.88. The fourth-order valence-corrected chi connectivity index (χ4v) is 2.82. The number of hydrogen-bond acceptors (Lipinski definition) is 4. The number of hydrogen-bond donors (Lipinski definition) is 0. The fourth-order valence-electron chi connectivity index (χ4n) is 2.82. The van der Waals surface area contributed by atoms with E-state index in [1.807, 2.05) is 50.2 Å². The van der Waals surface area contributed by atoms with Crippen molar-refractivity contribution in [3.8, 4) is 0 Å². The molecule has 6 nitrogen and oxygen atoms in total. The van der Waals surface area contributed by atoms with Crippen LogP contribution in [-0.2, 0) is 9.59 Å². The molecule has 0 saturated carbocycles. The number of aryl methyl sites for hydroxylation is 1. The van der Waals surface area contributed by atoms with Gasteiger partial charge in [0.1, 0.15) is 12.1 Å². The van der Waals surface area contributed by atoms with Crippen LogP contribution in [0.5, 0.6) is 0 Å². The van der Waals surface area contributed by atoms with E-state index in [0.717, 1.165) is 16.5 Å². The highest BCUT2D eigenvalue weighted by atomic mass is 16.4. The van der Waals surface area contributed by atoms with Gasteiger partial charge in [-0.15, -0.1) is 0 Å². The minimum Gasteiger partial charge on any atom is -0.440 e. The van der Waals surface area contributed by atoms with Gasteiger partial charge in [0.2, 0.25) is 17.7 Å². The molecular formula is C19H23N3O3. The van der Waals surface area contributed by atoms with Crippen LogP contribution in [0, 0.1) is 6.92 Å². The lowest BCUT2D eigenvalue weighted by Crippen LogP contribution is -2.52. The van der Waals surface area contributed by atoms with Gasteiger partial charge in [0.25, 0.3) is 0 Å². The average molecular weight is 341 g/mol. The van der Waals surface area contributed by atoms with Gasteiger partial charge in [0.05, 0.1) is 0 Å². The van der Waals surface area contributed by atoms with E-state index in [4.69, 9.17) is 4.42 Å². The summed E-state index contributed by atoms with van der Waals surface area (Å²) in [5.74, 6) is 0.285. The molecule has 25 heavy (non-hydrogen) atoms. The second-order valence-electron chi connectivity index (χ2n) is 6.60. The molecule has 1 aliphatic rings. The van der Waals surface area contributed by atoms with Gasteiger partial charge in [0, 0.05) is 37.2 Å². The van der Waals surface area contributed by atoms with Gasteiger partial charge >= 0.3 is 0 Å². The van der Waals surface area contributed by atoms with Crippen LogP contribution in [0.25, 0.3) is 11.0 Å². The predicted octanol–water partition coefficient (Wildman–Crippen LogP) is 2.03. The molecule has 1 fully saturated rings. The van der Waals surface area contributed by atoms with Gasteiger partial charge < -0.3 is 14.2 Å². The van der Waals surface area contributed by atoms with Crippen molar-refractivity contribution in [2.45, 2.75) is 6.92 Å². The highest BCUT2D eigenvalue weighted by Gasteiger charge is 2.29. The molecule has 6 heteroatoms. The highest BCUT2D eigenvalue weighted by Crippen LogP contribution is 2.28. The van der Waals surface area contributed by atoms with Gasteiger partial charge in [-0.05, 0) is 32.6 Å². The first-order chi connectivity index (χ1) is 11.9. The van der Waals surface area contributed by atoms with Crippen molar-refractivity contribution in [1.82, 2.24) is 9.80 Å². The number of carbonyl (C=O) groups excluding carboxylic acids is 2. The summed E-state index contributed by atoms with van der Waals surface area (Å²) in [5, 5.41) is 0.971. The molecule has 0 aliphatic carbocycles. The van der Waals surface area contributed by atoms with E-state index in [-0.39, 0.29) is 18.4 Å². The Morgan fingerprint density at radius 3 is 2.80 bits per heavy atom. The first kappa shape index (κ1) is 17.2. The Bertz CT molecular complexity index is 822. The number of benzene rings is 1. The Morgan fingerprint density at radius 1 is 1.28 bits per heavy atom. The topological polar surface area (TPSA) is 57.0 Å². The van der Waals surface area contributed by atoms with E-state index >= 15 is 0 Å². The molecular weight excluding hydrogens is 318 g/mol. The maximum absolute atomic E-state index is 12.5. The van der Waals surface area contributed by atoms with Crippen molar-refractivity contribution < 1.29 is 14.0 Å². The Kier molecular flexibility index (Phi) is 4.90. The number of furan rings is 1. The minimum atomic E-state index is -0.130. The summed E-state index contributed by atoms with van der Waals surface area (Å²) in [4.78, 5) is 29.8. The molecule has 132 valence electrons. The third kappa shape index (κ3) is 3.91. The van der Waals surface area contributed by atoms with Gasteiger partial charge in [-0.2, -0.15) is 0 Å². The Hall–Kier alpha value is -2.60. The van der Waals surface area contributed by atoms with E-state index in [2.05, 4.69) is 0 Å². The van der Waals surface area contributed by atoms with Gasteiger partial charge in [-0.25, -0.2) is 0 Å². The zero-order valence-electron chi connectivity index (χ0n) is 14.9. The van der Waals surface area contributed by atoms with E-state index in [1.54, 1.807) is 15.9 Å². The van der Waals surface area contributed by atoms with E-state index in [0.29, 0.717) is 25.5 Å². The van der Waals surface area contributed by atoms with Crippen LogP contribution in [0.4, 0.5) is 5.88 Å². The van der Waals surface area contributed by atoms with Crippen molar-refractivity contribution in [2.24, 2.45) is 0 Å². The van der Waals surface area contributed by atoms with Crippen molar-refractivity contribution in [3.05, 3.63) is 42.0 Å². The second-order valence-corrected chi connectivity index (χ2v) is 6.60. The number of likely N-dealkylation sites (N-methyl/N-ethyl adjacent to an activating group) is 1. The predicted molar refractivity (Wildman–Crippen MR) is 97.6 cm³/mol. The molecule has 0 unspecified atom stereocenters. The Labute approximate surface area is 147 Å². The summed E-state index contributed by atoms with van der Waals surface area (Å²) in [6.07, 6.45) is 3.34. The summed E-state index contributed by atoms with van der Waals surface area (Å²) in [6.45, 7) is 3.69. The van der Waals surface area contributed by atoms with Gasteiger partial charge in [-0.3, -0.25) is 14.5 Å². The fraction of sp³-hybridized carbons (Fsp3) is 0.368. The van der Waals surface area contributed by atoms with E-state index in [9.17, 15) is 9.59 Å². The molecule has 1 aromatic carbocycles. The molecule has 3 rings (SSSR count). The number of rotatable bonds is 4. The molecule has 1 aromatic heterocycles. The molecule has 1 aliphatic heterocycles. The van der Waals surface area contributed by atoms with Crippen LogP contribution in [0.1, 0.15) is 5.56 Å². The van der Waals surface area contributed by atoms with Crippen LogP contribution >= 0.6 is 0 Å². The molecule has 2 aromatic rings. The maximum Gasteiger partial charge on any atom is 0.248 e. The molecule has 0 radical (unpaired) electrons. The SMILES string of the molecule is Cc1ccc2cc(N3CCN(C(=O)/C=C/CN(C)C)CC3=O)oc2c1. The lowest BCUT2D eigenvalue weighted by Gasteiger charge is -2.32. The standard InChI is InChI=1S/C19H23N3O3/c1-14-6-7-15-12-19(25-16(15)11-14)22-10-9-21(13-18(22)24)17(23)5-4-8-20(2)3/h4-7,11-12H,8-10,13H2,1-3H3/b5-4+. The first-order valence-corrected chi connectivity index (χ1v) is 8.35. The van der Waals surface area contributed by atoms with Crippen molar-refractivity contribution in [2.75, 3.05) is 45.2 Å². The van der Waals surface area contributed by atoms with Gasteiger partial charge in [-0.1, -0.05) is 18.2 Å². The van der Waals surface area contributed by atoms with Crippen molar-refractivity contribution >= 4 is 28.7 Å². The highest BCUT2D eigenvalue weighted by molar-refractivity contribution is 6.00. The number of amides is 2. The number of fused-ring (bicyclic) bond motifs is 1. The van der Waals surface area contributed by atoms with Crippen LogP contribution in [0.15, 0.2) is 40.8 Å². The van der Waals surface area contributed by atoms with Gasteiger partial charge in [0.15, 0.2) is 0 Å². The van der Waals surface area contributed by atoms with E-state index in [1.165, 1.54) is 6.08 Å². The molecule has 2 amide bonds. The number of piperazine rings is 1. The minimum absolute atomic E-state index is 0.0706. The van der Waals surface area contributed by atoms with Crippen LogP contribution in [-0.4, -0.2) is 61.9 Å². The summed E-state index contributed by atoms with van der Waals surface area (Å²) >= 11 is 0. The Morgan fingerprint density at radius 2 is 2.08 bits per heavy atom. The summed E-state index contributed by atoms with van der Waals surface area (Å²) in [6, 6.07) is 7.83. The third-order valence-corrected chi connectivity index (χ3v) is 4.19. The molecule has 2 heterocycles. The number of carbonyl (C=O) groups is 2. The smallest absolute Gasteiger partial charge is 0.248 e. The van der Waals surface area contributed by atoms with Crippen LogP contribution in [0.3, 0.4) is 0 Å². The average Bonchev–Trinajstić information content (AvgIpc) is 2.96. The monoisotopic (exact) mass is 341 g/mol. The molecule has 0 spiro atoms. The zero-order chi connectivity index (χ0) is 18.0. The first-order valence-electron chi connectivity index (χ1n) is 8.35. The number of anilines is 1. The number of nitrogens with zero attached hydrogens (tertiary/aromatic N) is 3. The molecule has 0 N–H and O–H groups in total. The van der Waals surface area contributed by atoms with Crippen molar-refractivity contribution in [1.29, 1.82) is 0 Å².